The third kappa shape index (κ3) is 4.31. The minimum absolute atomic E-state index is 0.000153. The first kappa shape index (κ1) is 16.5. The van der Waals surface area contributed by atoms with Crippen LogP contribution in [-0.2, 0) is 9.59 Å². The third-order valence-corrected chi connectivity index (χ3v) is 3.97. The fourth-order valence-electron chi connectivity index (χ4n) is 2.64. The minimum Gasteiger partial charge on any atom is -0.326 e. The van der Waals surface area contributed by atoms with E-state index in [2.05, 4.69) is 16.0 Å². The molecule has 0 spiro atoms. The Bertz CT molecular complexity index is 537. The van der Waals surface area contributed by atoms with Crippen LogP contribution in [0.5, 0.6) is 0 Å². The van der Waals surface area contributed by atoms with E-state index < -0.39 is 0 Å². The topological polar surface area (TPSA) is 70.2 Å². The highest BCUT2D eigenvalue weighted by molar-refractivity contribution is 5.98. The average molecular weight is 303 g/mol. The zero-order valence-corrected chi connectivity index (χ0v) is 13.4. The summed E-state index contributed by atoms with van der Waals surface area (Å²) in [6.07, 6.45) is 4.40. The molecule has 0 aliphatic carbocycles. The van der Waals surface area contributed by atoms with Gasteiger partial charge < -0.3 is 16.0 Å². The summed E-state index contributed by atoms with van der Waals surface area (Å²) in [5.74, 6) is 0.00265. The molecule has 120 valence electrons. The molecule has 1 fully saturated rings. The van der Waals surface area contributed by atoms with E-state index in [-0.39, 0.29) is 17.9 Å². The Morgan fingerprint density at radius 1 is 1.23 bits per heavy atom. The Morgan fingerprint density at radius 3 is 2.59 bits per heavy atom. The summed E-state index contributed by atoms with van der Waals surface area (Å²) >= 11 is 0. The molecule has 22 heavy (non-hydrogen) atoms. The number of rotatable bonds is 5. The van der Waals surface area contributed by atoms with Crippen molar-refractivity contribution in [3.63, 3.8) is 0 Å². The molecule has 1 heterocycles. The van der Waals surface area contributed by atoms with Crippen LogP contribution in [0.15, 0.2) is 18.2 Å². The van der Waals surface area contributed by atoms with Gasteiger partial charge in [0.25, 0.3) is 0 Å². The Hall–Kier alpha value is -1.88. The van der Waals surface area contributed by atoms with E-state index in [4.69, 9.17) is 0 Å². The van der Waals surface area contributed by atoms with Crippen LogP contribution in [0.1, 0.15) is 44.6 Å². The van der Waals surface area contributed by atoms with Gasteiger partial charge in [-0.3, -0.25) is 9.59 Å². The van der Waals surface area contributed by atoms with Gasteiger partial charge in [0, 0.05) is 17.8 Å². The maximum Gasteiger partial charge on any atom is 0.241 e. The van der Waals surface area contributed by atoms with Crippen molar-refractivity contribution in [1.29, 1.82) is 0 Å². The third-order valence-electron chi connectivity index (χ3n) is 3.97. The van der Waals surface area contributed by atoms with Crippen molar-refractivity contribution < 1.29 is 9.59 Å². The molecule has 1 unspecified atom stereocenters. The van der Waals surface area contributed by atoms with Crippen molar-refractivity contribution in [2.45, 2.75) is 52.0 Å². The summed E-state index contributed by atoms with van der Waals surface area (Å²) in [6.45, 7) is 4.77. The molecule has 0 aromatic heterocycles. The van der Waals surface area contributed by atoms with Gasteiger partial charge in [-0.05, 0) is 50.4 Å². The van der Waals surface area contributed by atoms with E-state index >= 15 is 0 Å². The van der Waals surface area contributed by atoms with Crippen LogP contribution in [0.25, 0.3) is 0 Å². The van der Waals surface area contributed by atoms with Gasteiger partial charge >= 0.3 is 0 Å². The molecule has 1 aliphatic rings. The predicted octanol–water partition coefficient (Wildman–Crippen LogP) is 2.81. The molecule has 2 amide bonds. The lowest BCUT2D eigenvalue weighted by Gasteiger charge is -2.23. The SMILES string of the molecule is CCCC(=O)Nc1cccc(NC(=O)C2CCCCN2)c1C. The Kier molecular flexibility index (Phi) is 5.95. The number of benzene rings is 1. The van der Waals surface area contributed by atoms with E-state index in [0.29, 0.717) is 6.42 Å². The van der Waals surface area contributed by atoms with Crippen molar-refractivity contribution in [3.8, 4) is 0 Å². The number of hydrogen-bond donors (Lipinski definition) is 3. The second kappa shape index (κ2) is 7.94. The van der Waals surface area contributed by atoms with Gasteiger partial charge in [0.2, 0.25) is 11.8 Å². The number of nitrogens with one attached hydrogen (secondary N) is 3. The van der Waals surface area contributed by atoms with Crippen LogP contribution in [0, 0.1) is 6.92 Å². The predicted molar refractivity (Wildman–Crippen MR) is 89.0 cm³/mol. The van der Waals surface area contributed by atoms with E-state index in [1.165, 1.54) is 0 Å². The monoisotopic (exact) mass is 303 g/mol. The van der Waals surface area contributed by atoms with Gasteiger partial charge in [-0.1, -0.05) is 19.4 Å². The number of carbonyl (C=O) groups is 2. The van der Waals surface area contributed by atoms with Crippen molar-refractivity contribution in [1.82, 2.24) is 5.32 Å². The summed E-state index contributed by atoms with van der Waals surface area (Å²) in [6, 6.07) is 5.45. The zero-order chi connectivity index (χ0) is 15.9. The maximum absolute atomic E-state index is 12.3. The van der Waals surface area contributed by atoms with Crippen molar-refractivity contribution in [2.24, 2.45) is 0 Å². The standard InChI is InChI=1S/C17H25N3O2/c1-3-7-16(21)19-13-9-6-10-14(12(13)2)20-17(22)15-8-4-5-11-18-15/h6,9-10,15,18H,3-5,7-8,11H2,1-2H3,(H,19,21)(H,20,22). The Balaban J connectivity index is 2.04. The van der Waals surface area contributed by atoms with Crippen LogP contribution >= 0.6 is 0 Å². The van der Waals surface area contributed by atoms with Crippen LogP contribution in [0.2, 0.25) is 0 Å². The second-order valence-electron chi connectivity index (χ2n) is 5.77. The van der Waals surface area contributed by atoms with Crippen molar-refractivity contribution in [2.75, 3.05) is 17.2 Å². The summed E-state index contributed by atoms with van der Waals surface area (Å²) in [7, 11) is 0. The van der Waals surface area contributed by atoms with Gasteiger partial charge in [-0.25, -0.2) is 0 Å². The summed E-state index contributed by atoms with van der Waals surface area (Å²) in [5, 5.41) is 9.11. The van der Waals surface area contributed by atoms with Crippen LogP contribution in [0.3, 0.4) is 0 Å². The Morgan fingerprint density at radius 2 is 1.95 bits per heavy atom. The average Bonchev–Trinajstić information content (AvgIpc) is 2.52. The van der Waals surface area contributed by atoms with Crippen LogP contribution < -0.4 is 16.0 Å². The largest absolute Gasteiger partial charge is 0.326 e. The summed E-state index contributed by atoms with van der Waals surface area (Å²) in [4.78, 5) is 24.0. The fraction of sp³-hybridized carbons (Fsp3) is 0.529. The first-order chi connectivity index (χ1) is 10.6. The summed E-state index contributed by atoms with van der Waals surface area (Å²) < 4.78 is 0. The quantitative estimate of drug-likeness (QED) is 0.783. The second-order valence-corrected chi connectivity index (χ2v) is 5.77. The number of hydrogen-bond acceptors (Lipinski definition) is 3. The smallest absolute Gasteiger partial charge is 0.241 e. The molecule has 1 saturated heterocycles. The molecule has 2 rings (SSSR count). The van der Waals surface area contributed by atoms with Crippen LogP contribution in [0.4, 0.5) is 11.4 Å². The molecule has 1 aliphatic heterocycles. The normalized spacial score (nSPS) is 17.8. The van der Waals surface area contributed by atoms with Gasteiger partial charge in [0.15, 0.2) is 0 Å². The highest BCUT2D eigenvalue weighted by atomic mass is 16.2. The highest BCUT2D eigenvalue weighted by Crippen LogP contribution is 2.24. The molecule has 0 bridgehead atoms. The molecule has 5 heteroatoms. The van der Waals surface area contributed by atoms with Gasteiger partial charge in [0.1, 0.15) is 0 Å². The maximum atomic E-state index is 12.3. The number of anilines is 2. The molecule has 3 N–H and O–H groups in total. The molecule has 0 saturated carbocycles. The van der Waals surface area contributed by atoms with Gasteiger partial charge in [-0.2, -0.15) is 0 Å². The first-order valence-electron chi connectivity index (χ1n) is 8.05. The molecule has 0 radical (unpaired) electrons. The molecule has 1 aromatic rings. The number of piperidine rings is 1. The van der Waals surface area contributed by atoms with Crippen molar-refractivity contribution in [3.05, 3.63) is 23.8 Å². The first-order valence-corrected chi connectivity index (χ1v) is 8.05. The van der Waals surface area contributed by atoms with Crippen LogP contribution in [-0.4, -0.2) is 24.4 Å². The molecule has 5 nitrogen and oxygen atoms in total. The fourth-order valence-corrected chi connectivity index (χ4v) is 2.64. The number of carbonyl (C=O) groups excluding carboxylic acids is 2. The van der Waals surface area contributed by atoms with Gasteiger partial charge in [0.05, 0.1) is 6.04 Å². The van der Waals surface area contributed by atoms with Crippen molar-refractivity contribution >= 4 is 23.2 Å². The lowest BCUT2D eigenvalue weighted by Crippen LogP contribution is -2.43. The Labute approximate surface area is 131 Å². The zero-order valence-electron chi connectivity index (χ0n) is 13.4. The molecular formula is C17H25N3O2. The van der Waals surface area contributed by atoms with E-state index in [9.17, 15) is 9.59 Å². The van der Waals surface area contributed by atoms with E-state index in [1.54, 1.807) is 0 Å². The van der Waals surface area contributed by atoms with E-state index in [1.807, 2.05) is 32.0 Å². The lowest BCUT2D eigenvalue weighted by molar-refractivity contribution is -0.118. The summed E-state index contributed by atoms with van der Waals surface area (Å²) in [5.41, 5.74) is 2.40. The molecule has 1 aromatic carbocycles. The highest BCUT2D eigenvalue weighted by Gasteiger charge is 2.21. The lowest BCUT2D eigenvalue weighted by atomic mass is 10.0. The molecule has 1 atom stereocenters. The molecular weight excluding hydrogens is 278 g/mol. The van der Waals surface area contributed by atoms with E-state index in [0.717, 1.165) is 49.2 Å². The van der Waals surface area contributed by atoms with Gasteiger partial charge in [-0.15, -0.1) is 0 Å². The minimum atomic E-state index is -0.119. The number of amides is 2.